The summed E-state index contributed by atoms with van der Waals surface area (Å²) in [6.07, 6.45) is 1.21. The molecule has 0 aliphatic carbocycles. The fourth-order valence-electron chi connectivity index (χ4n) is 3.16. The molecule has 0 spiro atoms. The van der Waals surface area contributed by atoms with Crippen LogP contribution in [0.2, 0.25) is 0 Å². The van der Waals surface area contributed by atoms with E-state index in [0.29, 0.717) is 11.5 Å². The van der Waals surface area contributed by atoms with Crippen LogP contribution in [0.15, 0.2) is 33.7 Å². The second-order valence-corrected chi connectivity index (χ2v) is 6.58. The lowest BCUT2D eigenvalue weighted by atomic mass is 10.2. The number of esters is 1. The summed E-state index contributed by atoms with van der Waals surface area (Å²) in [6.45, 7) is 3.52. The Morgan fingerprint density at radius 1 is 1.27 bits per heavy atom. The number of aromatic nitrogens is 2. The first-order valence-electron chi connectivity index (χ1n) is 9.28. The SMILES string of the molecule is CCOC(=O)c1c(C)oc2ncn(CC(=O)NCc3ccc4c(c3)OCO4)c(=O)c12. The van der Waals surface area contributed by atoms with Gasteiger partial charge in [0.2, 0.25) is 18.4 Å². The van der Waals surface area contributed by atoms with Gasteiger partial charge < -0.3 is 23.9 Å². The predicted octanol–water partition coefficient (Wildman–Crippen LogP) is 1.52. The van der Waals surface area contributed by atoms with E-state index in [1.165, 1.54) is 6.33 Å². The van der Waals surface area contributed by atoms with E-state index in [2.05, 4.69) is 10.3 Å². The normalized spacial score (nSPS) is 12.2. The van der Waals surface area contributed by atoms with Crippen molar-refractivity contribution in [2.45, 2.75) is 26.9 Å². The van der Waals surface area contributed by atoms with Crippen LogP contribution in [-0.4, -0.2) is 34.8 Å². The fourth-order valence-corrected chi connectivity index (χ4v) is 3.16. The number of carbonyl (C=O) groups is 2. The maximum absolute atomic E-state index is 12.9. The number of rotatable bonds is 6. The Morgan fingerprint density at radius 3 is 2.87 bits per heavy atom. The topological polar surface area (TPSA) is 122 Å². The molecular formula is C20H19N3O7. The summed E-state index contributed by atoms with van der Waals surface area (Å²) in [5.41, 5.74) is 0.318. The molecule has 30 heavy (non-hydrogen) atoms. The van der Waals surface area contributed by atoms with Gasteiger partial charge in [-0.2, -0.15) is 0 Å². The lowest BCUT2D eigenvalue weighted by Gasteiger charge is -2.08. The zero-order valence-electron chi connectivity index (χ0n) is 16.4. The molecule has 1 aromatic carbocycles. The summed E-state index contributed by atoms with van der Waals surface area (Å²) in [6, 6.07) is 5.36. The van der Waals surface area contributed by atoms with Gasteiger partial charge in [0, 0.05) is 6.54 Å². The van der Waals surface area contributed by atoms with E-state index in [1.807, 2.05) is 6.07 Å². The molecule has 0 fully saturated rings. The van der Waals surface area contributed by atoms with Crippen molar-refractivity contribution in [3.05, 3.63) is 51.8 Å². The first-order chi connectivity index (χ1) is 14.5. The van der Waals surface area contributed by atoms with Crippen LogP contribution in [0, 0.1) is 6.92 Å². The van der Waals surface area contributed by atoms with Gasteiger partial charge in [0.25, 0.3) is 5.56 Å². The first kappa shape index (κ1) is 19.5. The number of amides is 1. The second kappa shape index (κ2) is 7.90. The highest BCUT2D eigenvalue weighted by molar-refractivity contribution is 6.03. The van der Waals surface area contributed by atoms with Crippen molar-refractivity contribution in [2.24, 2.45) is 0 Å². The minimum atomic E-state index is -0.669. The van der Waals surface area contributed by atoms with Gasteiger partial charge in [0.15, 0.2) is 11.5 Å². The van der Waals surface area contributed by atoms with E-state index in [4.69, 9.17) is 18.6 Å². The Morgan fingerprint density at radius 2 is 2.07 bits per heavy atom. The number of hydrogen-bond acceptors (Lipinski definition) is 8. The van der Waals surface area contributed by atoms with E-state index in [-0.39, 0.29) is 48.9 Å². The van der Waals surface area contributed by atoms with Crippen LogP contribution in [-0.2, 0) is 22.6 Å². The lowest BCUT2D eigenvalue weighted by Crippen LogP contribution is -2.32. The number of furan rings is 1. The molecule has 1 N–H and O–H groups in total. The van der Waals surface area contributed by atoms with Gasteiger partial charge in [0.05, 0.1) is 6.61 Å². The zero-order valence-corrected chi connectivity index (χ0v) is 16.4. The van der Waals surface area contributed by atoms with Crippen LogP contribution in [0.4, 0.5) is 0 Å². The second-order valence-electron chi connectivity index (χ2n) is 6.58. The van der Waals surface area contributed by atoms with Crippen LogP contribution in [0.5, 0.6) is 11.5 Å². The van der Waals surface area contributed by atoms with Crippen LogP contribution < -0.4 is 20.3 Å². The Balaban J connectivity index is 1.51. The smallest absolute Gasteiger partial charge is 0.342 e. The van der Waals surface area contributed by atoms with E-state index in [0.717, 1.165) is 10.1 Å². The van der Waals surface area contributed by atoms with Gasteiger partial charge in [-0.1, -0.05) is 6.07 Å². The molecule has 1 amide bonds. The van der Waals surface area contributed by atoms with E-state index < -0.39 is 17.4 Å². The summed E-state index contributed by atoms with van der Waals surface area (Å²) >= 11 is 0. The largest absolute Gasteiger partial charge is 0.462 e. The quantitative estimate of drug-likeness (QED) is 0.604. The van der Waals surface area contributed by atoms with E-state index in [1.54, 1.807) is 26.0 Å². The fraction of sp³-hybridized carbons (Fsp3) is 0.300. The predicted molar refractivity (Wildman–Crippen MR) is 103 cm³/mol. The molecule has 0 unspecified atom stereocenters. The van der Waals surface area contributed by atoms with Gasteiger partial charge in [0.1, 0.15) is 29.6 Å². The van der Waals surface area contributed by atoms with Gasteiger partial charge in [-0.15, -0.1) is 0 Å². The van der Waals surface area contributed by atoms with Crippen molar-refractivity contribution >= 4 is 23.0 Å². The number of nitrogens with one attached hydrogen (secondary N) is 1. The highest BCUT2D eigenvalue weighted by atomic mass is 16.7. The van der Waals surface area contributed by atoms with Gasteiger partial charge in [-0.05, 0) is 31.5 Å². The van der Waals surface area contributed by atoms with Crippen LogP contribution in [0.3, 0.4) is 0 Å². The molecule has 3 aromatic rings. The highest BCUT2D eigenvalue weighted by Gasteiger charge is 2.24. The standard InChI is InChI=1S/C20H19N3O7/c1-3-27-20(26)16-11(2)30-18-17(16)19(25)23(9-22-18)8-15(24)21-7-12-4-5-13-14(6-12)29-10-28-13/h4-6,9H,3,7-8,10H2,1-2H3,(H,21,24). The Bertz CT molecular complexity index is 1200. The van der Waals surface area contributed by atoms with Crippen LogP contribution in [0.25, 0.3) is 11.1 Å². The maximum Gasteiger partial charge on any atom is 0.342 e. The molecule has 10 nitrogen and oxygen atoms in total. The molecule has 2 aromatic heterocycles. The summed E-state index contributed by atoms with van der Waals surface area (Å²) in [5.74, 6) is 0.447. The van der Waals surface area contributed by atoms with Gasteiger partial charge in [-0.25, -0.2) is 9.78 Å². The minimum Gasteiger partial charge on any atom is -0.462 e. The zero-order chi connectivity index (χ0) is 21.3. The molecule has 3 heterocycles. The van der Waals surface area contributed by atoms with Crippen molar-refractivity contribution in [1.82, 2.24) is 14.9 Å². The summed E-state index contributed by atoms with van der Waals surface area (Å²) in [5, 5.41) is 2.74. The van der Waals surface area contributed by atoms with Crippen molar-refractivity contribution < 1.29 is 28.2 Å². The van der Waals surface area contributed by atoms with E-state index >= 15 is 0 Å². The maximum atomic E-state index is 12.9. The Labute approximate surface area is 170 Å². The highest BCUT2D eigenvalue weighted by Crippen LogP contribution is 2.32. The third-order valence-electron chi connectivity index (χ3n) is 4.57. The monoisotopic (exact) mass is 413 g/mol. The molecule has 156 valence electrons. The van der Waals surface area contributed by atoms with Crippen molar-refractivity contribution in [2.75, 3.05) is 13.4 Å². The summed E-state index contributed by atoms with van der Waals surface area (Å²) < 4.78 is 22.1. The van der Waals surface area contributed by atoms with E-state index in [9.17, 15) is 14.4 Å². The van der Waals surface area contributed by atoms with Crippen molar-refractivity contribution in [1.29, 1.82) is 0 Å². The first-order valence-corrected chi connectivity index (χ1v) is 9.28. The third-order valence-corrected chi connectivity index (χ3v) is 4.57. The molecule has 0 atom stereocenters. The number of fused-ring (bicyclic) bond motifs is 2. The van der Waals surface area contributed by atoms with Crippen molar-refractivity contribution in [3.63, 3.8) is 0 Å². The van der Waals surface area contributed by atoms with Crippen molar-refractivity contribution in [3.8, 4) is 11.5 Å². The number of aryl methyl sites for hydroxylation is 1. The molecule has 10 heteroatoms. The number of hydrogen-bond donors (Lipinski definition) is 1. The Kier molecular flexibility index (Phi) is 5.13. The molecule has 1 aliphatic heterocycles. The Hall–Kier alpha value is -3.82. The molecule has 0 radical (unpaired) electrons. The molecule has 0 bridgehead atoms. The number of carbonyl (C=O) groups excluding carboxylic acids is 2. The molecule has 1 aliphatic rings. The summed E-state index contributed by atoms with van der Waals surface area (Å²) in [7, 11) is 0. The molecular weight excluding hydrogens is 394 g/mol. The number of nitrogens with zero attached hydrogens (tertiary/aromatic N) is 2. The summed E-state index contributed by atoms with van der Waals surface area (Å²) in [4.78, 5) is 41.5. The average molecular weight is 413 g/mol. The number of ether oxygens (including phenoxy) is 3. The van der Waals surface area contributed by atoms with Gasteiger partial charge in [-0.3, -0.25) is 14.2 Å². The molecule has 0 saturated heterocycles. The lowest BCUT2D eigenvalue weighted by molar-refractivity contribution is -0.121. The van der Waals surface area contributed by atoms with Crippen LogP contribution in [0.1, 0.15) is 28.6 Å². The molecule has 4 rings (SSSR count). The number of benzene rings is 1. The minimum absolute atomic E-state index is 0.00276. The van der Waals surface area contributed by atoms with Gasteiger partial charge >= 0.3 is 5.97 Å². The average Bonchev–Trinajstić information content (AvgIpc) is 3.32. The van der Waals surface area contributed by atoms with Crippen LogP contribution >= 0.6 is 0 Å². The molecule has 0 saturated carbocycles. The third kappa shape index (κ3) is 3.59.